The summed E-state index contributed by atoms with van der Waals surface area (Å²) in [5.74, 6) is 0.750. The molecule has 1 heterocycles. The van der Waals surface area contributed by atoms with Gasteiger partial charge in [-0.25, -0.2) is 0 Å². The molecule has 0 saturated heterocycles. The quantitative estimate of drug-likeness (QED) is 0.180. The van der Waals surface area contributed by atoms with E-state index < -0.39 is 0 Å². The number of para-hydroxylation sites is 1. The second kappa shape index (κ2) is 11.7. The van der Waals surface area contributed by atoms with Gasteiger partial charge in [0.2, 0.25) is 0 Å². The summed E-state index contributed by atoms with van der Waals surface area (Å²) in [6.45, 7) is 2.67. The van der Waals surface area contributed by atoms with Crippen LogP contribution in [0.5, 0.6) is 11.5 Å². The third-order valence-electron chi connectivity index (χ3n) is 6.82. The van der Waals surface area contributed by atoms with Crippen LogP contribution in [0.1, 0.15) is 23.6 Å². The van der Waals surface area contributed by atoms with Gasteiger partial charge in [0, 0.05) is 5.56 Å². The van der Waals surface area contributed by atoms with Crippen LogP contribution in [0, 0.1) is 0 Å². The van der Waals surface area contributed by atoms with Gasteiger partial charge in [-0.2, -0.15) is 10.1 Å². The molecule has 0 fully saturated rings. The van der Waals surface area contributed by atoms with E-state index in [0.29, 0.717) is 52.3 Å². The summed E-state index contributed by atoms with van der Waals surface area (Å²) in [4.78, 5) is 13.7. The number of nitrogens with zero attached hydrogens (tertiary/aromatic N) is 2. The highest BCUT2D eigenvalue weighted by molar-refractivity contribution is 6.37. The van der Waals surface area contributed by atoms with Gasteiger partial charge in [-0.15, -0.1) is 0 Å². The number of amides is 1. The van der Waals surface area contributed by atoms with Crippen molar-refractivity contribution in [3.8, 4) is 11.5 Å². The molecule has 0 bridgehead atoms. The number of benzene rings is 5. The zero-order valence-electron chi connectivity index (χ0n) is 22.5. The molecule has 0 spiro atoms. The SMILES string of the molecule is CCOc1cc(/C=C2\C(=O)N(c3ccccc3)N=C2c2ccccc2)cc(Cl)c1OCc1cccc2ccccc12. The number of carbonyl (C=O) groups is 1. The van der Waals surface area contributed by atoms with Crippen LogP contribution in [0.25, 0.3) is 16.8 Å². The minimum Gasteiger partial charge on any atom is -0.490 e. The van der Waals surface area contributed by atoms with Gasteiger partial charge in [0.15, 0.2) is 11.5 Å². The summed E-state index contributed by atoms with van der Waals surface area (Å²) in [5, 5.41) is 8.82. The number of fused-ring (bicyclic) bond motifs is 1. The Morgan fingerprint density at radius 3 is 2.32 bits per heavy atom. The second-order valence-electron chi connectivity index (χ2n) is 9.52. The predicted octanol–water partition coefficient (Wildman–Crippen LogP) is 8.31. The summed E-state index contributed by atoms with van der Waals surface area (Å²) in [5.41, 5.74) is 4.34. The zero-order valence-corrected chi connectivity index (χ0v) is 23.2. The summed E-state index contributed by atoms with van der Waals surface area (Å²) in [7, 11) is 0. The number of halogens is 1. The lowest BCUT2D eigenvalue weighted by Gasteiger charge is -2.16. The summed E-state index contributed by atoms with van der Waals surface area (Å²) in [6, 6.07) is 37.0. The maximum absolute atomic E-state index is 13.7. The minimum atomic E-state index is -0.222. The van der Waals surface area contributed by atoms with Gasteiger partial charge >= 0.3 is 0 Å². The highest BCUT2D eigenvalue weighted by Gasteiger charge is 2.32. The van der Waals surface area contributed by atoms with Gasteiger partial charge in [0.05, 0.1) is 22.9 Å². The van der Waals surface area contributed by atoms with Crippen molar-refractivity contribution >= 4 is 45.8 Å². The highest BCUT2D eigenvalue weighted by atomic mass is 35.5. The molecule has 0 aromatic heterocycles. The molecule has 5 nitrogen and oxygen atoms in total. The Morgan fingerprint density at radius 1 is 0.829 bits per heavy atom. The van der Waals surface area contributed by atoms with Crippen molar-refractivity contribution in [3.05, 3.63) is 143 Å². The van der Waals surface area contributed by atoms with Crippen LogP contribution in [0.15, 0.2) is 126 Å². The normalized spacial score (nSPS) is 14.0. The van der Waals surface area contributed by atoms with Crippen molar-refractivity contribution in [1.82, 2.24) is 0 Å². The maximum atomic E-state index is 13.7. The monoisotopic (exact) mass is 558 g/mol. The molecule has 0 radical (unpaired) electrons. The third-order valence-corrected chi connectivity index (χ3v) is 7.10. The van der Waals surface area contributed by atoms with Crippen LogP contribution >= 0.6 is 11.6 Å². The molecule has 0 atom stereocenters. The van der Waals surface area contributed by atoms with Crippen molar-refractivity contribution < 1.29 is 14.3 Å². The van der Waals surface area contributed by atoms with Crippen LogP contribution in [0.2, 0.25) is 5.02 Å². The summed E-state index contributed by atoms with van der Waals surface area (Å²) >= 11 is 6.79. The molecule has 1 aliphatic rings. The maximum Gasteiger partial charge on any atom is 0.281 e. The largest absolute Gasteiger partial charge is 0.490 e. The third kappa shape index (κ3) is 5.45. The first-order valence-electron chi connectivity index (χ1n) is 13.4. The molecular formula is C35H27ClN2O3. The van der Waals surface area contributed by atoms with Crippen LogP contribution in [0.3, 0.4) is 0 Å². The Hall–Kier alpha value is -4.87. The van der Waals surface area contributed by atoms with E-state index in [1.807, 2.05) is 97.9 Å². The number of rotatable bonds is 8. The smallest absolute Gasteiger partial charge is 0.281 e. The predicted molar refractivity (Wildman–Crippen MR) is 166 cm³/mol. The van der Waals surface area contributed by atoms with E-state index >= 15 is 0 Å². The molecule has 1 amide bonds. The van der Waals surface area contributed by atoms with Gasteiger partial charge in [-0.05, 0) is 59.2 Å². The number of anilines is 1. The van der Waals surface area contributed by atoms with Gasteiger partial charge in [0.25, 0.3) is 5.91 Å². The molecule has 0 aliphatic carbocycles. The minimum absolute atomic E-state index is 0.222. The van der Waals surface area contributed by atoms with E-state index in [9.17, 15) is 4.79 Å². The van der Waals surface area contributed by atoms with Gasteiger partial charge in [-0.3, -0.25) is 4.79 Å². The second-order valence-corrected chi connectivity index (χ2v) is 9.92. The molecule has 0 N–H and O–H groups in total. The lowest BCUT2D eigenvalue weighted by atomic mass is 10.00. The molecule has 0 unspecified atom stereocenters. The Balaban J connectivity index is 1.36. The molecule has 202 valence electrons. The van der Waals surface area contributed by atoms with Crippen LogP contribution in [-0.2, 0) is 11.4 Å². The number of carbonyl (C=O) groups excluding carboxylic acids is 1. The summed E-state index contributed by atoms with van der Waals surface area (Å²) < 4.78 is 12.2. The molecule has 41 heavy (non-hydrogen) atoms. The molecule has 0 saturated carbocycles. The lowest BCUT2D eigenvalue weighted by molar-refractivity contribution is -0.114. The average molecular weight is 559 g/mol. The first kappa shape index (κ1) is 26.4. The Labute approximate surface area is 243 Å². The van der Waals surface area contributed by atoms with Crippen molar-refractivity contribution in [1.29, 1.82) is 0 Å². The number of hydrogen-bond acceptors (Lipinski definition) is 4. The molecule has 6 rings (SSSR count). The Bertz CT molecular complexity index is 1780. The fourth-order valence-corrected chi connectivity index (χ4v) is 5.18. The fourth-order valence-electron chi connectivity index (χ4n) is 4.91. The average Bonchev–Trinajstić information content (AvgIpc) is 3.33. The molecule has 1 aliphatic heterocycles. The fraction of sp³-hybridized carbons (Fsp3) is 0.0857. The van der Waals surface area contributed by atoms with Gasteiger partial charge in [-0.1, -0.05) is 103 Å². The number of hydrazone groups is 1. The van der Waals surface area contributed by atoms with Crippen molar-refractivity contribution in [2.75, 3.05) is 11.6 Å². The Morgan fingerprint density at radius 2 is 1.54 bits per heavy atom. The Kier molecular flexibility index (Phi) is 7.52. The van der Waals surface area contributed by atoms with Crippen molar-refractivity contribution in [2.24, 2.45) is 5.10 Å². The zero-order chi connectivity index (χ0) is 28.2. The van der Waals surface area contributed by atoms with Gasteiger partial charge in [0.1, 0.15) is 12.3 Å². The number of ether oxygens (including phenoxy) is 2. The van der Waals surface area contributed by atoms with E-state index in [1.165, 1.54) is 5.01 Å². The van der Waals surface area contributed by atoms with E-state index in [1.54, 1.807) is 12.1 Å². The lowest BCUT2D eigenvalue weighted by Crippen LogP contribution is -2.21. The van der Waals surface area contributed by atoms with E-state index in [2.05, 4.69) is 18.2 Å². The molecule has 5 aromatic carbocycles. The van der Waals surface area contributed by atoms with Crippen molar-refractivity contribution in [2.45, 2.75) is 13.5 Å². The van der Waals surface area contributed by atoms with Crippen LogP contribution in [0.4, 0.5) is 5.69 Å². The van der Waals surface area contributed by atoms with E-state index in [0.717, 1.165) is 21.9 Å². The molecular weight excluding hydrogens is 532 g/mol. The molecule has 6 heteroatoms. The van der Waals surface area contributed by atoms with Crippen LogP contribution < -0.4 is 14.5 Å². The van der Waals surface area contributed by atoms with E-state index in [4.69, 9.17) is 26.2 Å². The summed E-state index contributed by atoms with van der Waals surface area (Å²) in [6.07, 6.45) is 1.81. The first-order chi connectivity index (χ1) is 20.1. The van der Waals surface area contributed by atoms with E-state index in [-0.39, 0.29) is 5.91 Å². The standard InChI is InChI=1S/C35H27ClN2O3/c1-2-40-32-22-24(21-31(36)34(32)41-23-27-16-11-15-25-12-9-10-19-29(25)27)20-30-33(26-13-5-3-6-14-26)37-38(35(30)39)28-17-7-4-8-18-28/h3-22H,2,23H2,1H3/b30-20-. The topological polar surface area (TPSA) is 51.1 Å². The first-order valence-corrected chi connectivity index (χ1v) is 13.8. The van der Waals surface area contributed by atoms with Crippen molar-refractivity contribution in [3.63, 3.8) is 0 Å². The van der Waals surface area contributed by atoms with Gasteiger partial charge < -0.3 is 9.47 Å². The highest BCUT2D eigenvalue weighted by Crippen LogP contribution is 2.39. The number of hydrogen-bond donors (Lipinski definition) is 0. The van der Waals surface area contributed by atoms with Crippen LogP contribution in [-0.4, -0.2) is 18.2 Å². The molecule has 5 aromatic rings.